The highest BCUT2D eigenvalue weighted by Gasteiger charge is 2.17. The summed E-state index contributed by atoms with van der Waals surface area (Å²) in [6.45, 7) is 2.73. The van der Waals surface area contributed by atoms with Gasteiger partial charge < -0.3 is 5.32 Å². The SMILES string of the molecule is Cc1ccc(CNc2nc3c(c(=O)[nH]2)CSC3)cc1. The number of fused-ring (bicyclic) bond motifs is 1. The van der Waals surface area contributed by atoms with Crippen molar-refractivity contribution < 1.29 is 0 Å². The number of anilines is 1. The van der Waals surface area contributed by atoms with Crippen molar-refractivity contribution in [1.29, 1.82) is 0 Å². The molecular weight excluding hydrogens is 258 g/mol. The van der Waals surface area contributed by atoms with Gasteiger partial charge in [0.25, 0.3) is 5.56 Å². The van der Waals surface area contributed by atoms with Crippen LogP contribution in [0.15, 0.2) is 29.1 Å². The third-order valence-corrected chi connectivity index (χ3v) is 4.14. The predicted molar refractivity (Wildman–Crippen MR) is 78.4 cm³/mol. The molecule has 5 heteroatoms. The molecule has 0 bridgehead atoms. The van der Waals surface area contributed by atoms with Crippen molar-refractivity contribution in [2.24, 2.45) is 0 Å². The zero-order valence-corrected chi connectivity index (χ0v) is 11.5. The lowest BCUT2D eigenvalue weighted by Crippen LogP contribution is -2.17. The molecule has 0 fully saturated rings. The summed E-state index contributed by atoms with van der Waals surface area (Å²) < 4.78 is 0. The first kappa shape index (κ1) is 12.3. The quantitative estimate of drug-likeness (QED) is 0.902. The molecule has 2 aromatic rings. The number of nitrogens with one attached hydrogen (secondary N) is 2. The van der Waals surface area contributed by atoms with Crippen LogP contribution in [0.5, 0.6) is 0 Å². The zero-order chi connectivity index (χ0) is 13.2. The molecule has 0 amide bonds. The number of hydrogen-bond acceptors (Lipinski definition) is 4. The lowest BCUT2D eigenvalue weighted by atomic mass is 10.1. The second-order valence-electron chi connectivity index (χ2n) is 4.67. The number of nitrogens with zero attached hydrogens (tertiary/aromatic N) is 1. The van der Waals surface area contributed by atoms with E-state index in [1.165, 1.54) is 11.1 Å². The molecule has 3 rings (SSSR count). The standard InChI is InChI=1S/C14H15N3OS/c1-9-2-4-10(5-3-9)6-15-14-16-12-8-19-7-11(12)13(18)17-14/h2-5H,6-8H2,1H3,(H2,15,16,17,18). The van der Waals surface area contributed by atoms with Gasteiger partial charge in [-0.25, -0.2) is 4.98 Å². The van der Waals surface area contributed by atoms with Crippen LogP contribution in [-0.4, -0.2) is 9.97 Å². The van der Waals surface area contributed by atoms with Gasteiger partial charge in [0.1, 0.15) is 0 Å². The third-order valence-electron chi connectivity index (χ3n) is 3.17. The molecule has 1 aromatic carbocycles. The number of H-pyrrole nitrogens is 1. The van der Waals surface area contributed by atoms with Gasteiger partial charge in [-0.3, -0.25) is 9.78 Å². The minimum absolute atomic E-state index is 0.0126. The van der Waals surface area contributed by atoms with Gasteiger partial charge >= 0.3 is 0 Å². The van der Waals surface area contributed by atoms with Crippen molar-refractivity contribution in [1.82, 2.24) is 9.97 Å². The summed E-state index contributed by atoms with van der Waals surface area (Å²) in [5.41, 5.74) is 4.14. The number of aromatic nitrogens is 2. The van der Waals surface area contributed by atoms with Gasteiger partial charge in [0.2, 0.25) is 5.95 Å². The molecule has 19 heavy (non-hydrogen) atoms. The van der Waals surface area contributed by atoms with Gasteiger partial charge in [-0.15, -0.1) is 0 Å². The van der Waals surface area contributed by atoms with E-state index in [1.807, 2.05) is 0 Å². The Kier molecular flexibility index (Phi) is 3.29. The molecule has 4 nitrogen and oxygen atoms in total. The minimum Gasteiger partial charge on any atom is -0.352 e. The molecule has 1 aliphatic rings. The lowest BCUT2D eigenvalue weighted by molar-refractivity contribution is 0.986. The fourth-order valence-corrected chi connectivity index (χ4v) is 3.07. The van der Waals surface area contributed by atoms with Crippen molar-refractivity contribution >= 4 is 17.7 Å². The van der Waals surface area contributed by atoms with E-state index in [9.17, 15) is 4.79 Å². The van der Waals surface area contributed by atoms with Gasteiger partial charge in [0.15, 0.2) is 0 Å². The average molecular weight is 273 g/mol. The molecule has 1 aliphatic heterocycles. The van der Waals surface area contributed by atoms with Crippen molar-refractivity contribution in [2.45, 2.75) is 25.0 Å². The van der Waals surface area contributed by atoms with Crippen molar-refractivity contribution in [2.75, 3.05) is 5.32 Å². The minimum atomic E-state index is -0.0126. The fraction of sp³-hybridized carbons (Fsp3) is 0.286. The van der Waals surface area contributed by atoms with Gasteiger partial charge in [-0.05, 0) is 12.5 Å². The predicted octanol–water partition coefficient (Wildman–Crippen LogP) is 2.44. The lowest BCUT2D eigenvalue weighted by Gasteiger charge is -2.07. The highest BCUT2D eigenvalue weighted by molar-refractivity contribution is 7.98. The fourth-order valence-electron chi connectivity index (χ4n) is 2.04. The third kappa shape index (κ3) is 2.66. The van der Waals surface area contributed by atoms with Crippen LogP contribution in [0.4, 0.5) is 5.95 Å². The summed E-state index contributed by atoms with van der Waals surface area (Å²) in [7, 11) is 0. The van der Waals surface area contributed by atoms with Crippen LogP contribution >= 0.6 is 11.8 Å². The van der Waals surface area contributed by atoms with E-state index in [0.717, 1.165) is 22.8 Å². The second-order valence-corrected chi connectivity index (χ2v) is 5.66. The normalized spacial score (nSPS) is 13.3. The van der Waals surface area contributed by atoms with Crippen molar-refractivity contribution in [3.05, 3.63) is 57.0 Å². The van der Waals surface area contributed by atoms with E-state index in [-0.39, 0.29) is 5.56 Å². The monoisotopic (exact) mass is 273 g/mol. The number of benzene rings is 1. The highest BCUT2D eigenvalue weighted by atomic mass is 32.2. The van der Waals surface area contributed by atoms with Crippen LogP contribution < -0.4 is 10.9 Å². The summed E-state index contributed by atoms with van der Waals surface area (Å²) >= 11 is 1.73. The van der Waals surface area contributed by atoms with E-state index in [0.29, 0.717) is 12.5 Å². The molecule has 1 aromatic heterocycles. The van der Waals surface area contributed by atoms with E-state index in [4.69, 9.17) is 0 Å². The Morgan fingerprint density at radius 3 is 2.89 bits per heavy atom. The smallest absolute Gasteiger partial charge is 0.256 e. The Balaban J connectivity index is 1.75. The van der Waals surface area contributed by atoms with Gasteiger partial charge in [-0.2, -0.15) is 11.8 Å². The topological polar surface area (TPSA) is 57.8 Å². The number of hydrogen-bond donors (Lipinski definition) is 2. The molecule has 0 unspecified atom stereocenters. The molecule has 98 valence electrons. The largest absolute Gasteiger partial charge is 0.352 e. The summed E-state index contributed by atoms with van der Waals surface area (Å²) in [4.78, 5) is 19.1. The summed E-state index contributed by atoms with van der Waals surface area (Å²) in [5, 5.41) is 3.18. The molecule has 2 heterocycles. The second kappa shape index (κ2) is 5.09. The summed E-state index contributed by atoms with van der Waals surface area (Å²) in [6, 6.07) is 8.30. The van der Waals surface area contributed by atoms with Gasteiger partial charge in [0, 0.05) is 23.6 Å². The Bertz CT molecular complexity index is 649. The Labute approximate surface area is 115 Å². The van der Waals surface area contributed by atoms with Crippen molar-refractivity contribution in [3.63, 3.8) is 0 Å². The summed E-state index contributed by atoms with van der Waals surface area (Å²) in [6.07, 6.45) is 0. The van der Waals surface area contributed by atoms with Gasteiger partial charge in [-0.1, -0.05) is 29.8 Å². The molecule has 0 aliphatic carbocycles. The maximum Gasteiger partial charge on any atom is 0.256 e. The van der Waals surface area contributed by atoms with Crippen LogP contribution in [0.1, 0.15) is 22.4 Å². The van der Waals surface area contributed by atoms with Gasteiger partial charge in [0.05, 0.1) is 5.69 Å². The van der Waals surface area contributed by atoms with Crippen LogP contribution in [0.2, 0.25) is 0 Å². The first-order valence-corrected chi connectivity index (χ1v) is 7.37. The number of aryl methyl sites for hydroxylation is 1. The van der Waals surface area contributed by atoms with Crippen molar-refractivity contribution in [3.8, 4) is 0 Å². The molecule has 0 saturated heterocycles. The van der Waals surface area contributed by atoms with Crippen LogP contribution in [0.3, 0.4) is 0 Å². The summed E-state index contributed by atoms with van der Waals surface area (Å²) in [5.74, 6) is 2.17. The average Bonchev–Trinajstić information content (AvgIpc) is 2.87. The Morgan fingerprint density at radius 2 is 2.11 bits per heavy atom. The van der Waals surface area contributed by atoms with Crippen LogP contribution in [-0.2, 0) is 18.1 Å². The Hall–Kier alpha value is -1.75. The van der Waals surface area contributed by atoms with E-state index >= 15 is 0 Å². The molecule has 0 radical (unpaired) electrons. The van der Waals surface area contributed by atoms with E-state index in [2.05, 4.69) is 46.5 Å². The molecule has 2 N–H and O–H groups in total. The number of aromatic amines is 1. The molecule has 0 saturated carbocycles. The van der Waals surface area contributed by atoms with Crippen LogP contribution in [0, 0.1) is 6.92 Å². The number of thioether (sulfide) groups is 1. The van der Waals surface area contributed by atoms with Crippen LogP contribution in [0.25, 0.3) is 0 Å². The molecule has 0 spiro atoms. The highest BCUT2D eigenvalue weighted by Crippen LogP contribution is 2.25. The van der Waals surface area contributed by atoms with E-state index < -0.39 is 0 Å². The maximum atomic E-state index is 11.8. The van der Waals surface area contributed by atoms with E-state index in [1.54, 1.807) is 11.8 Å². The Morgan fingerprint density at radius 1 is 1.32 bits per heavy atom. The maximum absolute atomic E-state index is 11.8. The molecular formula is C14H15N3OS. The first-order valence-electron chi connectivity index (χ1n) is 6.21. The number of rotatable bonds is 3. The zero-order valence-electron chi connectivity index (χ0n) is 10.7. The molecule has 0 atom stereocenters. The first-order chi connectivity index (χ1) is 9.22.